The molecule has 0 saturated carbocycles. The Hall–Kier alpha value is -1.72. The lowest BCUT2D eigenvalue weighted by Gasteiger charge is -2.22. The summed E-state index contributed by atoms with van der Waals surface area (Å²) in [5, 5.41) is 8.16. The molecule has 3 unspecified atom stereocenters. The van der Waals surface area contributed by atoms with Gasteiger partial charge in [0.05, 0.1) is 29.7 Å². The van der Waals surface area contributed by atoms with Crippen molar-refractivity contribution < 1.29 is 4.74 Å². The van der Waals surface area contributed by atoms with E-state index in [9.17, 15) is 0 Å². The van der Waals surface area contributed by atoms with E-state index >= 15 is 0 Å². The minimum absolute atomic E-state index is 0.104. The van der Waals surface area contributed by atoms with Gasteiger partial charge in [0.2, 0.25) is 0 Å². The number of hydrogen-bond donors (Lipinski definition) is 1. The van der Waals surface area contributed by atoms with Crippen LogP contribution in [0.3, 0.4) is 0 Å². The molecule has 2 N–H and O–H groups in total. The summed E-state index contributed by atoms with van der Waals surface area (Å²) in [5.74, 6) is 0.320. The average molecular weight is 258 g/mol. The molecule has 1 aromatic heterocycles. The molecule has 3 atom stereocenters. The van der Waals surface area contributed by atoms with Crippen molar-refractivity contribution in [2.45, 2.75) is 25.5 Å². The van der Waals surface area contributed by atoms with Gasteiger partial charge in [-0.1, -0.05) is 23.4 Å². The van der Waals surface area contributed by atoms with Gasteiger partial charge in [-0.05, 0) is 25.5 Å². The zero-order valence-electron chi connectivity index (χ0n) is 10.9. The molecule has 0 amide bonds. The minimum atomic E-state index is -0.104. The zero-order chi connectivity index (χ0) is 13.2. The fourth-order valence-corrected chi connectivity index (χ4v) is 2.68. The monoisotopic (exact) mass is 258 g/mol. The van der Waals surface area contributed by atoms with Crippen LogP contribution in [0.5, 0.6) is 0 Å². The Morgan fingerprint density at radius 2 is 2.16 bits per heavy atom. The smallest absolute Gasteiger partial charge is 0.0816 e. The van der Waals surface area contributed by atoms with E-state index in [4.69, 9.17) is 10.5 Å². The molecule has 3 rings (SSSR count). The maximum Gasteiger partial charge on any atom is 0.0816 e. The van der Waals surface area contributed by atoms with Gasteiger partial charge in [-0.15, -0.1) is 5.10 Å². The normalized spacial score (nSPS) is 24.5. The van der Waals surface area contributed by atoms with Crippen LogP contribution in [0, 0.1) is 5.92 Å². The second-order valence-electron chi connectivity index (χ2n) is 4.96. The van der Waals surface area contributed by atoms with Crippen LogP contribution < -0.4 is 5.73 Å². The third-order valence-electron chi connectivity index (χ3n) is 3.81. The maximum absolute atomic E-state index is 6.39. The molecular formula is C14H18N4O. The standard InChI is InChI=1S/C14H18N4O/c1-10-12(7-8-19-10)14(15)13-9-16-17-18(13)11-5-3-2-4-6-11/h2-6,9-10,12,14H,7-8,15H2,1H3. The van der Waals surface area contributed by atoms with Crippen molar-refractivity contribution in [2.75, 3.05) is 6.61 Å². The average Bonchev–Trinajstić information content (AvgIpc) is 3.07. The van der Waals surface area contributed by atoms with Crippen molar-refractivity contribution in [3.05, 3.63) is 42.2 Å². The largest absolute Gasteiger partial charge is 0.378 e. The van der Waals surface area contributed by atoms with Crippen LogP contribution in [0.4, 0.5) is 0 Å². The number of para-hydroxylation sites is 1. The third kappa shape index (κ3) is 2.27. The van der Waals surface area contributed by atoms with Gasteiger partial charge in [0, 0.05) is 12.5 Å². The Kier molecular flexibility index (Phi) is 3.31. The summed E-state index contributed by atoms with van der Waals surface area (Å²) in [6.45, 7) is 2.86. The lowest BCUT2D eigenvalue weighted by atomic mass is 9.92. The number of hydrogen-bond acceptors (Lipinski definition) is 4. The predicted octanol–water partition coefficient (Wildman–Crippen LogP) is 1.69. The molecule has 1 aromatic carbocycles. The number of nitrogens with two attached hydrogens (primary N) is 1. The van der Waals surface area contributed by atoms with E-state index in [0.717, 1.165) is 24.4 Å². The van der Waals surface area contributed by atoms with Gasteiger partial charge < -0.3 is 10.5 Å². The van der Waals surface area contributed by atoms with Gasteiger partial charge in [0.15, 0.2) is 0 Å². The molecule has 1 fully saturated rings. The first-order valence-corrected chi connectivity index (χ1v) is 6.60. The molecule has 100 valence electrons. The van der Waals surface area contributed by atoms with Crippen LogP contribution in [0.2, 0.25) is 0 Å². The maximum atomic E-state index is 6.39. The van der Waals surface area contributed by atoms with Gasteiger partial charge >= 0.3 is 0 Å². The van der Waals surface area contributed by atoms with Gasteiger partial charge in [-0.25, -0.2) is 4.68 Å². The third-order valence-corrected chi connectivity index (χ3v) is 3.81. The molecule has 2 heterocycles. The van der Waals surface area contributed by atoms with E-state index in [1.54, 1.807) is 6.20 Å². The Morgan fingerprint density at radius 3 is 2.84 bits per heavy atom. The lowest BCUT2D eigenvalue weighted by molar-refractivity contribution is 0.0989. The van der Waals surface area contributed by atoms with Crippen molar-refractivity contribution in [3.8, 4) is 5.69 Å². The molecule has 0 spiro atoms. The second-order valence-corrected chi connectivity index (χ2v) is 4.96. The highest BCUT2D eigenvalue weighted by Crippen LogP contribution is 2.31. The van der Waals surface area contributed by atoms with E-state index in [0.29, 0.717) is 5.92 Å². The molecule has 0 aliphatic carbocycles. The molecule has 5 nitrogen and oxygen atoms in total. The molecule has 2 aromatic rings. The highest BCUT2D eigenvalue weighted by atomic mass is 16.5. The minimum Gasteiger partial charge on any atom is -0.378 e. The number of aromatic nitrogens is 3. The summed E-state index contributed by atoms with van der Waals surface area (Å²) >= 11 is 0. The van der Waals surface area contributed by atoms with Gasteiger partial charge in [0.1, 0.15) is 0 Å². The lowest BCUT2D eigenvalue weighted by Crippen LogP contribution is -2.28. The SMILES string of the molecule is CC1OCCC1C(N)c1cnnn1-c1ccccc1. The number of ether oxygens (including phenoxy) is 1. The Morgan fingerprint density at radius 1 is 1.37 bits per heavy atom. The number of nitrogens with zero attached hydrogens (tertiary/aromatic N) is 3. The Balaban J connectivity index is 1.92. The molecule has 1 aliphatic heterocycles. The summed E-state index contributed by atoms with van der Waals surface area (Å²) in [6, 6.07) is 9.83. The predicted molar refractivity (Wildman–Crippen MR) is 71.8 cm³/mol. The molecule has 19 heavy (non-hydrogen) atoms. The Bertz CT molecular complexity index is 539. The van der Waals surface area contributed by atoms with Crippen LogP contribution in [0.1, 0.15) is 25.1 Å². The van der Waals surface area contributed by atoms with Crippen molar-refractivity contribution in [1.29, 1.82) is 0 Å². The van der Waals surface area contributed by atoms with E-state index in [2.05, 4.69) is 17.2 Å². The number of benzene rings is 1. The molecule has 0 bridgehead atoms. The Labute approximate surface area is 112 Å². The van der Waals surface area contributed by atoms with Crippen LogP contribution in [0.25, 0.3) is 5.69 Å². The summed E-state index contributed by atoms with van der Waals surface area (Å²) in [7, 11) is 0. The topological polar surface area (TPSA) is 66.0 Å². The highest BCUT2D eigenvalue weighted by Gasteiger charge is 2.32. The molecule has 0 radical (unpaired) electrons. The van der Waals surface area contributed by atoms with Gasteiger partial charge in [-0.2, -0.15) is 0 Å². The summed E-state index contributed by atoms with van der Waals surface area (Å²) in [6.07, 6.45) is 2.93. The van der Waals surface area contributed by atoms with Crippen LogP contribution >= 0.6 is 0 Å². The summed E-state index contributed by atoms with van der Waals surface area (Å²) in [5.41, 5.74) is 8.31. The van der Waals surface area contributed by atoms with Crippen molar-refractivity contribution in [2.24, 2.45) is 11.7 Å². The molecular weight excluding hydrogens is 240 g/mol. The molecule has 1 aliphatic rings. The van der Waals surface area contributed by atoms with E-state index in [1.807, 2.05) is 35.0 Å². The first-order valence-electron chi connectivity index (χ1n) is 6.60. The van der Waals surface area contributed by atoms with E-state index in [-0.39, 0.29) is 12.1 Å². The van der Waals surface area contributed by atoms with Crippen molar-refractivity contribution >= 4 is 0 Å². The second kappa shape index (κ2) is 5.11. The number of rotatable bonds is 3. The van der Waals surface area contributed by atoms with E-state index in [1.165, 1.54) is 0 Å². The summed E-state index contributed by atoms with van der Waals surface area (Å²) in [4.78, 5) is 0. The fraction of sp³-hybridized carbons (Fsp3) is 0.429. The van der Waals surface area contributed by atoms with Crippen molar-refractivity contribution in [3.63, 3.8) is 0 Å². The first-order chi connectivity index (χ1) is 9.27. The van der Waals surface area contributed by atoms with Crippen molar-refractivity contribution in [1.82, 2.24) is 15.0 Å². The summed E-state index contributed by atoms with van der Waals surface area (Å²) < 4.78 is 7.42. The van der Waals surface area contributed by atoms with Gasteiger partial charge in [0.25, 0.3) is 0 Å². The van der Waals surface area contributed by atoms with Crippen LogP contribution in [-0.2, 0) is 4.74 Å². The van der Waals surface area contributed by atoms with Gasteiger partial charge in [-0.3, -0.25) is 0 Å². The molecule has 5 heteroatoms. The fourth-order valence-electron chi connectivity index (χ4n) is 2.68. The highest BCUT2D eigenvalue weighted by molar-refractivity contribution is 5.32. The van der Waals surface area contributed by atoms with Crippen LogP contribution in [-0.4, -0.2) is 27.7 Å². The van der Waals surface area contributed by atoms with E-state index < -0.39 is 0 Å². The quantitative estimate of drug-likeness (QED) is 0.909. The van der Waals surface area contributed by atoms with Crippen LogP contribution in [0.15, 0.2) is 36.5 Å². The first kappa shape index (κ1) is 12.3. The molecule has 1 saturated heterocycles. The zero-order valence-corrected chi connectivity index (χ0v) is 10.9.